The number of hydrogen-bond donors (Lipinski definition) is 2. The van der Waals surface area contributed by atoms with Crippen LogP contribution in [0.5, 0.6) is 0 Å². The Kier molecular flexibility index (Phi) is 12.0. The summed E-state index contributed by atoms with van der Waals surface area (Å²) < 4.78 is 20.5. The monoisotopic (exact) mass is 640 g/mol. The molecule has 0 radical (unpaired) electrons. The molecular weight excluding hydrogens is 591 g/mol. The molecule has 1 aromatic carbocycles. The highest BCUT2D eigenvalue weighted by molar-refractivity contribution is 5.97. The van der Waals surface area contributed by atoms with Crippen LogP contribution < -0.4 is 10.6 Å². The number of aromatic nitrogens is 2. The van der Waals surface area contributed by atoms with Gasteiger partial charge in [-0.15, -0.1) is 0 Å². The van der Waals surface area contributed by atoms with Gasteiger partial charge in [0.15, 0.2) is 11.5 Å². The molecule has 1 saturated carbocycles. The van der Waals surface area contributed by atoms with Crippen LogP contribution in [0.2, 0.25) is 0 Å². The number of likely N-dealkylation sites (N-methyl/N-ethyl adjacent to an activating group) is 1. The van der Waals surface area contributed by atoms with Crippen molar-refractivity contribution in [3.05, 3.63) is 46.5 Å². The van der Waals surface area contributed by atoms with Crippen molar-refractivity contribution in [3.63, 3.8) is 0 Å². The zero-order valence-electron chi connectivity index (χ0n) is 28.0. The number of halogens is 1. The lowest BCUT2D eigenvalue weighted by molar-refractivity contribution is -0.139. The standard InChI is InChI=1S/C34H49FN6O5/c1-7-27-32(39-46-38-27)33(44)37-31(23-11-9-20(3)10-12-23)28(42)18-25-14-13-24(17-26(25)35)22(5)30(36-29(43)8-2)34(45)41-16-15-40(6)21(4)19-41/h13-14,17,20-23,30-31H,7-12,15-16,18-19H2,1-6H3,(H,36,43)(H,37,44)/t20?,21-,22-,23?,30+,31-/m0/s1. The molecule has 2 N–H and O–H groups in total. The van der Waals surface area contributed by atoms with E-state index in [1.165, 1.54) is 6.07 Å². The topological polar surface area (TPSA) is 138 Å². The van der Waals surface area contributed by atoms with E-state index >= 15 is 4.39 Å². The number of piperazine rings is 1. The van der Waals surface area contributed by atoms with Crippen LogP contribution in [0.4, 0.5) is 4.39 Å². The summed E-state index contributed by atoms with van der Waals surface area (Å²) in [6.07, 6.45) is 3.90. The first-order chi connectivity index (χ1) is 21.9. The fraction of sp³-hybridized carbons (Fsp3) is 0.647. The lowest BCUT2D eigenvalue weighted by atomic mass is 9.77. The Morgan fingerprint density at radius 2 is 1.76 bits per heavy atom. The molecule has 2 fully saturated rings. The Morgan fingerprint density at radius 3 is 2.39 bits per heavy atom. The molecule has 11 nitrogen and oxygen atoms in total. The molecule has 2 aromatic rings. The van der Waals surface area contributed by atoms with Crippen LogP contribution in [0.1, 0.15) is 99.9 Å². The molecule has 46 heavy (non-hydrogen) atoms. The van der Waals surface area contributed by atoms with E-state index in [0.717, 1.165) is 32.2 Å². The number of carbonyl (C=O) groups excluding carboxylic acids is 4. The summed E-state index contributed by atoms with van der Waals surface area (Å²) in [5.41, 5.74) is 1.21. The molecule has 1 saturated heterocycles. The number of nitrogens with zero attached hydrogens (tertiary/aromatic N) is 4. The molecule has 3 amide bonds. The van der Waals surface area contributed by atoms with Crippen LogP contribution in [-0.2, 0) is 27.2 Å². The number of carbonyl (C=O) groups is 4. The molecule has 2 aliphatic rings. The Morgan fingerprint density at radius 1 is 1.04 bits per heavy atom. The Balaban J connectivity index is 1.52. The van der Waals surface area contributed by atoms with Gasteiger partial charge in [0.1, 0.15) is 17.6 Å². The Labute approximate surface area is 271 Å². The molecule has 12 heteroatoms. The van der Waals surface area contributed by atoms with E-state index in [4.69, 9.17) is 4.63 Å². The normalized spacial score (nSPS) is 22.5. The van der Waals surface area contributed by atoms with Gasteiger partial charge in [-0.1, -0.05) is 57.8 Å². The molecule has 2 heterocycles. The zero-order chi connectivity index (χ0) is 33.5. The first kappa shape index (κ1) is 35.2. The largest absolute Gasteiger partial charge is 0.344 e. The van der Waals surface area contributed by atoms with Crippen molar-refractivity contribution in [2.45, 2.75) is 104 Å². The van der Waals surface area contributed by atoms with E-state index < -0.39 is 29.7 Å². The summed E-state index contributed by atoms with van der Waals surface area (Å²) in [7, 11) is 2.02. The number of benzene rings is 1. The van der Waals surface area contributed by atoms with Crippen molar-refractivity contribution in [1.29, 1.82) is 0 Å². The minimum Gasteiger partial charge on any atom is -0.344 e. The van der Waals surface area contributed by atoms with E-state index in [9.17, 15) is 19.2 Å². The summed E-state index contributed by atoms with van der Waals surface area (Å²) in [6, 6.07) is 3.14. The van der Waals surface area contributed by atoms with Gasteiger partial charge in [-0.25, -0.2) is 9.02 Å². The molecule has 0 unspecified atom stereocenters. The predicted molar refractivity (Wildman–Crippen MR) is 170 cm³/mol. The highest BCUT2D eigenvalue weighted by Crippen LogP contribution is 2.32. The third-order valence-corrected chi connectivity index (χ3v) is 9.91. The van der Waals surface area contributed by atoms with E-state index in [2.05, 4.69) is 39.7 Å². The van der Waals surface area contributed by atoms with Gasteiger partial charge in [-0.05, 0) is 67.4 Å². The van der Waals surface area contributed by atoms with Gasteiger partial charge >= 0.3 is 0 Å². The fourth-order valence-corrected chi connectivity index (χ4v) is 6.50. The molecule has 1 aliphatic heterocycles. The average molecular weight is 641 g/mol. The number of rotatable bonds is 12. The maximum Gasteiger partial charge on any atom is 0.276 e. The van der Waals surface area contributed by atoms with Gasteiger partial charge < -0.3 is 20.4 Å². The lowest BCUT2D eigenvalue weighted by Crippen LogP contribution is -2.58. The van der Waals surface area contributed by atoms with Gasteiger partial charge in [0.25, 0.3) is 5.91 Å². The second-order valence-corrected chi connectivity index (χ2v) is 13.2. The SMILES string of the molecule is CCC(=O)N[C@@H](C(=O)N1CCN(C)[C@@H](C)C1)[C@@H](C)c1ccc(CC(=O)[C@@H](NC(=O)c2nonc2CC)C2CCC(C)CC2)c(F)c1. The van der Waals surface area contributed by atoms with Crippen LogP contribution in [-0.4, -0.2) is 88.4 Å². The molecule has 0 bridgehead atoms. The molecule has 0 spiro atoms. The van der Waals surface area contributed by atoms with E-state index in [0.29, 0.717) is 36.7 Å². The van der Waals surface area contributed by atoms with Gasteiger partial charge in [0.05, 0.1) is 6.04 Å². The maximum atomic E-state index is 15.7. The van der Waals surface area contributed by atoms with E-state index in [1.54, 1.807) is 30.9 Å². The average Bonchev–Trinajstić information content (AvgIpc) is 3.53. The van der Waals surface area contributed by atoms with Crippen molar-refractivity contribution in [1.82, 2.24) is 30.7 Å². The van der Waals surface area contributed by atoms with Crippen LogP contribution in [0.25, 0.3) is 0 Å². The first-order valence-electron chi connectivity index (χ1n) is 16.6. The summed E-state index contributed by atoms with van der Waals surface area (Å²) in [5, 5.41) is 13.3. The number of Topliss-reactive ketones (excluding diaryl/α,β-unsaturated/α-hetero) is 1. The number of amides is 3. The minimum atomic E-state index is -0.859. The van der Waals surface area contributed by atoms with Crippen LogP contribution >= 0.6 is 0 Å². The number of aryl methyl sites for hydroxylation is 1. The summed E-state index contributed by atoms with van der Waals surface area (Å²) >= 11 is 0. The van der Waals surface area contributed by atoms with Crippen molar-refractivity contribution in [2.24, 2.45) is 11.8 Å². The molecule has 1 aromatic heterocycles. The molecule has 4 atom stereocenters. The molecule has 4 rings (SSSR count). The fourth-order valence-electron chi connectivity index (χ4n) is 6.50. The smallest absolute Gasteiger partial charge is 0.276 e. The number of ketones is 1. The van der Waals surface area contributed by atoms with Crippen LogP contribution in [0.15, 0.2) is 22.8 Å². The van der Waals surface area contributed by atoms with Crippen molar-refractivity contribution >= 4 is 23.5 Å². The molecule has 1 aliphatic carbocycles. The first-order valence-corrected chi connectivity index (χ1v) is 16.6. The third-order valence-electron chi connectivity index (χ3n) is 9.91. The maximum absolute atomic E-state index is 15.7. The van der Waals surface area contributed by atoms with Crippen LogP contribution in [0, 0.1) is 17.7 Å². The number of nitrogens with one attached hydrogen (secondary N) is 2. The highest BCUT2D eigenvalue weighted by Gasteiger charge is 2.36. The number of hydrogen-bond acceptors (Lipinski definition) is 8. The third kappa shape index (κ3) is 8.37. The van der Waals surface area contributed by atoms with Crippen LogP contribution in [0.3, 0.4) is 0 Å². The Hall–Kier alpha value is -3.67. The quantitative estimate of drug-likeness (QED) is 0.359. The van der Waals surface area contributed by atoms with Gasteiger partial charge in [0.2, 0.25) is 11.8 Å². The van der Waals surface area contributed by atoms with Crippen molar-refractivity contribution in [3.8, 4) is 0 Å². The van der Waals surface area contributed by atoms with Crippen molar-refractivity contribution in [2.75, 3.05) is 26.7 Å². The minimum absolute atomic E-state index is 0.0549. The van der Waals surface area contributed by atoms with Gasteiger partial charge in [0, 0.05) is 44.4 Å². The van der Waals surface area contributed by atoms with E-state index in [1.807, 2.05) is 14.0 Å². The summed E-state index contributed by atoms with van der Waals surface area (Å²) in [6.45, 7) is 11.4. The van der Waals surface area contributed by atoms with Crippen molar-refractivity contribution < 1.29 is 28.2 Å². The molecule has 252 valence electrons. The van der Waals surface area contributed by atoms with Gasteiger partial charge in [-0.2, -0.15) is 0 Å². The summed E-state index contributed by atoms with van der Waals surface area (Å²) in [4.78, 5) is 57.0. The second kappa shape index (κ2) is 15.8. The predicted octanol–water partition coefficient (Wildman–Crippen LogP) is 3.67. The molecular formula is C34H49FN6O5. The zero-order valence-corrected chi connectivity index (χ0v) is 28.0. The summed E-state index contributed by atoms with van der Waals surface area (Å²) in [5.74, 6) is -1.89. The Bertz CT molecular complexity index is 1390. The highest BCUT2D eigenvalue weighted by atomic mass is 19.1. The lowest BCUT2D eigenvalue weighted by Gasteiger charge is -2.40. The van der Waals surface area contributed by atoms with Gasteiger partial charge in [-0.3, -0.25) is 19.2 Å². The second-order valence-electron chi connectivity index (χ2n) is 13.2. The van der Waals surface area contributed by atoms with E-state index in [-0.39, 0.29) is 53.7 Å².